The second-order valence-electron chi connectivity index (χ2n) is 5.11. The van der Waals surface area contributed by atoms with Gasteiger partial charge >= 0.3 is 5.97 Å². The zero-order valence-corrected chi connectivity index (χ0v) is 11.1. The molecular formula is C12H13Cl2NO2. The molecular weight excluding hydrogens is 261 g/mol. The molecule has 0 spiro atoms. The van der Waals surface area contributed by atoms with Gasteiger partial charge in [0.15, 0.2) is 0 Å². The molecule has 0 bridgehead atoms. The van der Waals surface area contributed by atoms with Gasteiger partial charge < -0.3 is 10.0 Å². The SMILES string of the molecule is CC1(C)CN(c2c(Cl)cc(Cl)cc2C(=O)O)C1. The first-order valence-corrected chi connectivity index (χ1v) is 6.03. The number of carboxylic acid groups (broad SMARTS) is 1. The van der Waals surface area contributed by atoms with Crippen LogP contribution in [0.15, 0.2) is 12.1 Å². The van der Waals surface area contributed by atoms with Crippen molar-refractivity contribution in [3.63, 3.8) is 0 Å². The summed E-state index contributed by atoms with van der Waals surface area (Å²) in [5.74, 6) is -1.01. The Bertz CT molecular complexity index is 478. The van der Waals surface area contributed by atoms with Gasteiger partial charge in [-0.25, -0.2) is 4.79 Å². The number of nitrogens with zero attached hydrogens (tertiary/aromatic N) is 1. The van der Waals surface area contributed by atoms with Crippen molar-refractivity contribution in [1.29, 1.82) is 0 Å². The maximum Gasteiger partial charge on any atom is 0.337 e. The van der Waals surface area contributed by atoms with Crippen LogP contribution < -0.4 is 4.90 Å². The topological polar surface area (TPSA) is 40.5 Å². The minimum Gasteiger partial charge on any atom is -0.478 e. The number of benzene rings is 1. The average Bonchev–Trinajstić information content (AvgIpc) is 2.12. The molecule has 0 aliphatic carbocycles. The second kappa shape index (κ2) is 4.07. The third-order valence-corrected chi connectivity index (χ3v) is 3.32. The van der Waals surface area contributed by atoms with Crippen molar-refractivity contribution in [2.24, 2.45) is 5.41 Å². The van der Waals surface area contributed by atoms with E-state index in [0.29, 0.717) is 15.7 Å². The molecule has 0 atom stereocenters. The van der Waals surface area contributed by atoms with Crippen LogP contribution >= 0.6 is 23.2 Å². The number of carboxylic acids is 1. The first-order valence-electron chi connectivity index (χ1n) is 5.27. The second-order valence-corrected chi connectivity index (χ2v) is 5.95. The highest BCUT2D eigenvalue weighted by molar-refractivity contribution is 6.37. The summed E-state index contributed by atoms with van der Waals surface area (Å²) in [6.07, 6.45) is 0. The van der Waals surface area contributed by atoms with Gasteiger partial charge in [0.2, 0.25) is 0 Å². The lowest BCUT2D eigenvalue weighted by molar-refractivity contribution is 0.0696. The van der Waals surface area contributed by atoms with E-state index in [1.807, 2.05) is 4.90 Å². The summed E-state index contributed by atoms with van der Waals surface area (Å²) in [6, 6.07) is 3.02. The normalized spacial score (nSPS) is 17.8. The lowest BCUT2D eigenvalue weighted by Gasteiger charge is -2.48. The van der Waals surface area contributed by atoms with Gasteiger partial charge in [-0.2, -0.15) is 0 Å². The molecule has 5 heteroatoms. The molecule has 92 valence electrons. The van der Waals surface area contributed by atoms with E-state index in [9.17, 15) is 4.79 Å². The van der Waals surface area contributed by atoms with Crippen LogP contribution in [0.1, 0.15) is 24.2 Å². The average molecular weight is 274 g/mol. The molecule has 1 saturated heterocycles. The molecule has 1 aromatic carbocycles. The zero-order valence-electron chi connectivity index (χ0n) is 9.63. The van der Waals surface area contributed by atoms with Crippen molar-refractivity contribution in [2.75, 3.05) is 18.0 Å². The Balaban J connectivity index is 2.43. The molecule has 0 radical (unpaired) electrons. The Hall–Kier alpha value is -0.930. The van der Waals surface area contributed by atoms with Gasteiger partial charge in [0.1, 0.15) is 0 Å². The van der Waals surface area contributed by atoms with Gasteiger partial charge in [-0.05, 0) is 17.5 Å². The Morgan fingerprint density at radius 2 is 1.94 bits per heavy atom. The van der Waals surface area contributed by atoms with Crippen LogP contribution in [0.2, 0.25) is 10.0 Å². The van der Waals surface area contributed by atoms with E-state index in [1.165, 1.54) is 6.07 Å². The molecule has 1 heterocycles. The standard InChI is InChI=1S/C12H13Cl2NO2/c1-12(2)5-15(6-12)10-8(11(16)17)3-7(13)4-9(10)14/h3-4H,5-6H2,1-2H3,(H,16,17). The van der Waals surface area contributed by atoms with Gasteiger partial charge in [-0.3, -0.25) is 0 Å². The number of aromatic carboxylic acids is 1. The summed E-state index contributed by atoms with van der Waals surface area (Å²) >= 11 is 11.9. The van der Waals surface area contributed by atoms with Crippen molar-refractivity contribution in [3.05, 3.63) is 27.7 Å². The van der Waals surface area contributed by atoms with E-state index in [2.05, 4.69) is 13.8 Å². The predicted molar refractivity (Wildman–Crippen MR) is 69.4 cm³/mol. The Morgan fingerprint density at radius 3 is 2.41 bits per heavy atom. The lowest BCUT2D eigenvalue weighted by atomic mass is 9.83. The molecule has 1 N–H and O–H groups in total. The van der Waals surface area contributed by atoms with Crippen molar-refractivity contribution in [3.8, 4) is 0 Å². The maximum absolute atomic E-state index is 11.2. The van der Waals surface area contributed by atoms with Crippen LogP contribution in [0.4, 0.5) is 5.69 Å². The number of hydrogen-bond acceptors (Lipinski definition) is 2. The van der Waals surface area contributed by atoms with Gasteiger partial charge in [0.05, 0.1) is 16.3 Å². The highest BCUT2D eigenvalue weighted by Gasteiger charge is 2.37. The Kier molecular flexibility index (Phi) is 3.00. The summed E-state index contributed by atoms with van der Waals surface area (Å²) < 4.78 is 0. The highest BCUT2D eigenvalue weighted by Crippen LogP contribution is 2.40. The van der Waals surface area contributed by atoms with Crippen LogP contribution in [-0.2, 0) is 0 Å². The molecule has 3 nitrogen and oxygen atoms in total. The summed E-state index contributed by atoms with van der Waals surface area (Å²) in [5.41, 5.74) is 0.944. The quantitative estimate of drug-likeness (QED) is 0.896. The fourth-order valence-electron chi connectivity index (χ4n) is 2.20. The molecule has 1 aliphatic rings. The molecule has 1 fully saturated rings. The number of carbonyl (C=O) groups is 1. The van der Waals surface area contributed by atoms with Crippen molar-refractivity contribution in [2.45, 2.75) is 13.8 Å². The molecule has 2 rings (SSSR count). The van der Waals surface area contributed by atoms with Crippen LogP contribution in [0.5, 0.6) is 0 Å². The van der Waals surface area contributed by atoms with Crippen molar-refractivity contribution < 1.29 is 9.90 Å². The molecule has 0 unspecified atom stereocenters. The largest absolute Gasteiger partial charge is 0.478 e. The monoisotopic (exact) mass is 273 g/mol. The summed E-state index contributed by atoms with van der Waals surface area (Å²) in [5, 5.41) is 9.91. The first kappa shape index (κ1) is 12.5. The van der Waals surface area contributed by atoms with Crippen LogP contribution in [0, 0.1) is 5.41 Å². The molecule has 1 aliphatic heterocycles. The molecule has 1 aromatic rings. The summed E-state index contributed by atoms with van der Waals surface area (Å²) in [7, 11) is 0. The van der Waals surface area contributed by atoms with Crippen molar-refractivity contribution >= 4 is 34.9 Å². The third-order valence-electron chi connectivity index (χ3n) is 2.81. The number of halogens is 2. The molecule has 0 aromatic heterocycles. The van der Waals surface area contributed by atoms with Gasteiger partial charge in [-0.1, -0.05) is 37.0 Å². The van der Waals surface area contributed by atoms with E-state index >= 15 is 0 Å². The van der Waals surface area contributed by atoms with Gasteiger partial charge in [0.25, 0.3) is 0 Å². The highest BCUT2D eigenvalue weighted by atomic mass is 35.5. The zero-order chi connectivity index (χ0) is 12.8. The predicted octanol–water partition coefficient (Wildman–Crippen LogP) is 3.54. The minimum atomic E-state index is -1.01. The van der Waals surface area contributed by atoms with E-state index in [-0.39, 0.29) is 11.0 Å². The van der Waals surface area contributed by atoms with Gasteiger partial charge in [0, 0.05) is 18.1 Å². The minimum absolute atomic E-state index is 0.165. The fourth-order valence-corrected chi connectivity index (χ4v) is 2.81. The lowest BCUT2D eigenvalue weighted by Crippen LogP contribution is -2.53. The number of hydrogen-bond donors (Lipinski definition) is 1. The molecule has 17 heavy (non-hydrogen) atoms. The van der Waals surface area contributed by atoms with Crippen LogP contribution in [0.25, 0.3) is 0 Å². The number of anilines is 1. The summed E-state index contributed by atoms with van der Waals surface area (Å²) in [4.78, 5) is 13.2. The summed E-state index contributed by atoms with van der Waals surface area (Å²) in [6.45, 7) is 5.87. The third kappa shape index (κ3) is 2.35. The van der Waals surface area contributed by atoms with E-state index in [1.54, 1.807) is 6.07 Å². The van der Waals surface area contributed by atoms with Crippen LogP contribution in [-0.4, -0.2) is 24.2 Å². The Labute approximate surface area is 110 Å². The van der Waals surface area contributed by atoms with Crippen molar-refractivity contribution in [1.82, 2.24) is 0 Å². The van der Waals surface area contributed by atoms with Gasteiger partial charge in [-0.15, -0.1) is 0 Å². The first-order chi connectivity index (χ1) is 7.80. The van der Waals surface area contributed by atoms with Crippen LogP contribution in [0.3, 0.4) is 0 Å². The van der Waals surface area contributed by atoms with E-state index < -0.39 is 5.97 Å². The molecule has 0 saturated carbocycles. The fraction of sp³-hybridized carbons (Fsp3) is 0.417. The van der Waals surface area contributed by atoms with E-state index in [4.69, 9.17) is 28.3 Å². The number of rotatable bonds is 2. The maximum atomic E-state index is 11.2. The van der Waals surface area contributed by atoms with E-state index in [0.717, 1.165) is 13.1 Å². The molecule has 0 amide bonds. The Morgan fingerprint density at radius 1 is 1.35 bits per heavy atom. The smallest absolute Gasteiger partial charge is 0.337 e.